The van der Waals surface area contributed by atoms with Gasteiger partial charge in [-0.15, -0.1) is 13.2 Å². The first-order chi connectivity index (χ1) is 36.2. The molecule has 0 saturated heterocycles. The molecule has 0 aliphatic heterocycles. The molecule has 0 bridgehead atoms. The van der Waals surface area contributed by atoms with Crippen molar-refractivity contribution >= 4 is 203 Å². The Kier molecular flexibility index (Phi) is 32.6. The van der Waals surface area contributed by atoms with Gasteiger partial charge in [0.15, 0.2) is 9.84 Å². The van der Waals surface area contributed by atoms with Gasteiger partial charge in [-0.3, -0.25) is 10.1 Å². The number of halogens is 13. The minimum Gasteiger partial charge on any atom is -0.406 e. The van der Waals surface area contributed by atoms with E-state index in [-0.39, 0.29) is 17.1 Å². The number of ether oxygens (including phenoxy) is 1. The molecule has 0 saturated carbocycles. The lowest BCUT2D eigenvalue weighted by atomic mass is 10.3. The highest BCUT2D eigenvalue weighted by Gasteiger charge is 2.30. The molecule has 0 aliphatic carbocycles. The summed E-state index contributed by atoms with van der Waals surface area (Å²) in [4.78, 5) is 9.94. The van der Waals surface area contributed by atoms with E-state index in [0.29, 0.717) is 59.1 Å². The Balaban J connectivity index is 0.000000447. The smallest absolute Gasteiger partial charge is 0.406 e. The highest BCUT2D eigenvalue weighted by atomic mass is 79.9. The summed E-state index contributed by atoms with van der Waals surface area (Å²) in [6, 6.07) is 44.4. The second kappa shape index (κ2) is 35.7. The Morgan fingerprint density at radius 2 is 0.974 bits per heavy atom. The van der Waals surface area contributed by atoms with Crippen LogP contribution in [0.15, 0.2) is 196 Å². The van der Waals surface area contributed by atoms with E-state index in [1.165, 1.54) is 42.7 Å². The fourth-order valence-electron chi connectivity index (χ4n) is 4.66. The van der Waals surface area contributed by atoms with Gasteiger partial charge in [-0.05, 0) is 165 Å². The van der Waals surface area contributed by atoms with Gasteiger partial charge in [-0.25, -0.2) is 8.42 Å². The molecule has 0 fully saturated rings. The van der Waals surface area contributed by atoms with Crippen molar-refractivity contribution in [2.24, 2.45) is 0 Å². The Hall–Kier alpha value is -4.86. The molecule has 0 heterocycles. The number of benzene rings is 8. The fourth-order valence-corrected chi connectivity index (χ4v) is 8.95. The summed E-state index contributed by atoms with van der Waals surface area (Å²) in [5.41, 5.74) is 47.6. The quantitative estimate of drug-likeness (QED) is 0.0464. The zero-order chi connectivity index (χ0) is 59.5. The van der Waals surface area contributed by atoms with Crippen LogP contribution in [-0.4, -0.2) is 26.0 Å². The van der Waals surface area contributed by atoms with Crippen LogP contribution in [0.1, 0.15) is 0 Å². The maximum Gasteiger partial charge on any atom is 0.573 e. The van der Waals surface area contributed by atoms with Crippen molar-refractivity contribution in [2.45, 2.75) is 11.3 Å². The number of nitrogens with zero attached hydrogens (tertiary/aromatic N) is 1. The first kappa shape index (κ1) is 71.2. The number of nitrogen functional groups attached to an aromatic ring is 8. The molecule has 78 heavy (non-hydrogen) atoms. The van der Waals surface area contributed by atoms with E-state index in [1.807, 2.05) is 54.6 Å². The third kappa shape index (κ3) is 30.5. The number of nitro benzene ring substituents is 1. The van der Waals surface area contributed by atoms with Crippen LogP contribution < -0.4 is 50.6 Å². The molecule has 0 spiro atoms. The van der Waals surface area contributed by atoms with Crippen molar-refractivity contribution in [3.8, 4) is 5.75 Å². The highest BCUT2D eigenvalue weighted by molar-refractivity contribution is 9.11. The largest absolute Gasteiger partial charge is 0.573 e. The molecule has 16 N–H and O–H groups in total. The molecule has 0 aromatic heterocycles. The predicted molar refractivity (Wildman–Crippen MR) is 340 cm³/mol. The lowest BCUT2D eigenvalue weighted by Crippen LogP contribution is -2.16. The minimum absolute atomic E-state index is 0.0394. The van der Waals surface area contributed by atoms with Crippen LogP contribution in [0.5, 0.6) is 5.75 Å². The van der Waals surface area contributed by atoms with Gasteiger partial charge in [-0.1, -0.05) is 134 Å². The number of alkyl halides is 3. The van der Waals surface area contributed by atoms with Gasteiger partial charge in [0.2, 0.25) is 0 Å². The molecule has 14 nitrogen and oxygen atoms in total. The van der Waals surface area contributed by atoms with E-state index in [2.05, 4.69) is 100 Å². The molecule has 8 aromatic carbocycles. The van der Waals surface area contributed by atoms with Gasteiger partial charge >= 0.3 is 6.36 Å². The Morgan fingerprint density at radius 1 is 0.487 bits per heavy atom. The second-order valence-corrected chi connectivity index (χ2v) is 23.6. The van der Waals surface area contributed by atoms with E-state index in [9.17, 15) is 31.7 Å². The van der Waals surface area contributed by atoms with E-state index >= 15 is 0 Å². The van der Waals surface area contributed by atoms with E-state index in [1.54, 1.807) is 60.7 Å². The molecular formula is C50H46Br6Cl4F3N9O5S. The van der Waals surface area contributed by atoms with Crippen LogP contribution >= 0.6 is 142 Å². The SMILES string of the molecule is CS(=O)(=O)c1ccc(N)cc1.Nc1c(Cl)cccc1Br.Nc1cc(Br)cc(Br)c1.Nc1cc(Br)ccc1Cl.Nc1ccc(Br)cc1Cl.Nc1ccc(OC(F)(F)F)cc1.Nc1cccc(Br)c1Cl.Nc1ccccc1[N+](=O)[O-]. The molecule has 0 radical (unpaired) electrons. The van der Waals surface area contributed by atoms with Crippen LogP contribution in [0.2, 0.25) is 20.1 Å². The minimum atomic E-state index is -4.64. The van der Waals surface area contributed by atoms with Crippen molar-refractivity contribution in [3.63, 3.8) is 0 Å². The first-order valence-electron chi connectivity index (χ1n) is 20.9. The normalized spacial score (nSPS) is 10.0. The topological polar surface area (TPSA) is 295 Å². The summed E-state index contributed by atoms with van der Waals surface area (Å²) in [6.07, 6.45) is -3.48. The van der Waals surface area contributed by atoms with E-state index in [4.69, 9.17) is 92.3 Å². The number of nitrogens with two attached hydrogens (primary N) is 8. The van der Waals surface area contributed by atoms with Crippen molar-refractivity contribution in [1.82, 2.24) is 0 Å². The second-order valence-electron chi connectivity index (χ2n) is 14.6. The van der Waals surface area contributed by atoms with Crippen LogP contribution in [0.4, 0.5) is 64.4 Å². The molecule has 8 aromatic rings. The third-order valence-electron chi connectivity index (χ3n) is 8.34. The molecule has 418 valence electrons. The highest BCUT2D eigenvalue weighted by Crippen LogP contribution is 2.29. The average molecular weight is 1560 g/mol. The standard InChI is InChI=1S/C7H6F3NO.C7H9NO2S.C6H5Br2N.4C6H5BrClN.C6H6N2O2/c8-7(9,10)12-6-3-1-5(11)2-4-6;1-11(9,10)7-4-2-6(8)3-5-7;7-4-1-5(8)3-6(9)2-4;7-4-1-2-6(9)5(8)3-4;7-4-1-2-5(8)6(9)3-4;7-4-2-1-3-5(9)6(4)8;7-4-2-1-3-5(8)6(4)9;7-5-3-1-2-4-6(5)8(9)10/h1-4H,11H2;2-5H,8H2,1H3;5*1-3H,9H2;1-4H,7H2. The Morgan fingerprint density at radius 3 is 1.37 bits per heavy atom. The summed E-state index contributed by atoms with van der Waals surface area (Å²) < 4.78 is 65.7. The number of hydrogen-bond donors (Lipinski definition) is 8. The van der Waals surface area contributed by atoms with Crippen LogP contribution in [0.3, 0.4) is 0 Å². The molecule has 8 rings (SSSR count). The first-order valence-corrected chi connectivity index (χ1v) is 29.0. The monoisotopic (exact) mass is 1550 g/mol. The lowest BCUT2D eigenvalue weighted by molar-refractivity contribution is -0.383. The van der Waals surface area contributed by atoms with Crippen molar-refractivity contribution in [2.75, 3.05) is 52.1 Å². The zero-order valence-corrected chi connectivity index (χ0v) is 53.4. The number of hydrogen-bond acceptors (Lipinski definition) is 13. The number of rotatable bonds is 3. The summed E-state index contributed by atoms with van der Waals surface area (Å²) in [5, 5.41) is 12.5. The van der Waals surface area contributed by atoms with Crippen LogP contribution in [0, 0.1) is 10.1 Å². The maximum atomic E-state index is 11.6. The van der Waals surface area contributed by atoms with E-state index < -0.39 is 21.1 Å². The summed E-state index contributed by atoms with van der Waals surface area (Å²) >= 11 is 42.2. The van der Waals surface area contributed by atoms with Crippen molar-refractivity contribution in [1.29, 1.82) is 0 Å². The van der Waals surface area contributed by atoms with Gasteiger partial charge < -0.3 is 50.6 Å². The number of sulfone groups is 1. The van der Waals surface area contributed by atoms with Gasteiger partial charge in [0.05, 0.1) is 52.7 Å². The summed E-state index contributed by atoms with van der Waals surface area (Å²) in [7, 11) is -3.08. The molecular weight excluding hydrogens is 1520 g/mol. The number of para-hydroxylation sites is 3. The van der Waals surface area contributed by atoms with Gasteiger partial charge in [0.1, 0.15) is 11.4 Å². The summed E-state index contributed by atoms with van der Waals surface area (Å²) in [6.45, 7) is 0. The van der Waals surface area contributed by atoms with Crippen molar-refractivity contribution in [3.05, 3.63) is 221 Å². The molecule has 0 atom stereocenters. The number of nitro groups is 1. The van der Waals surface area contributed by atoms with Gasteiger partial charge in [0.25, 0.3) is 5.69 Å². The van der Waals surface area contributed by atoms with Crippen LogP contribution in [-0.2, 0) is 9.84 Å². The van der Waals surface area contributed by atoms with Gasteiger partial charge in [-0.2, -0.15) is 0 Å². The number of anilines is 8. The molecule has 0 amide bonds. The fraction of sp³-hybridized carbons (Fsp3) is 0.0400. The third-order valence-corrected chi connectivity index (χ3v) is 14.4. The molecule has 0 aliphatic rings. The predicted octanol–water partition coefficient (Wildman–Crippen LogP) is 17.5. The average Bonchev–Trinajstić information content (AvgIpc) is 3.34. The molecule has 28 heteroatoms. The van der Waals surface area contributed by atoms with Crippen molar-refractivity contribution < 1.29 is 31.2 Å². The Labute approximate surface area is 519 Å². The summed E-state index contributed by atoms with van der Waals surface area (Å²) in [5.74, 6) is -0.267. The van der Waals surface area contributed by atoms with Gasteiger partial charge in [0, 0.05) is 56.2 Å². The maximum absolute atomic E-state index is 11.6. The zero-order valence-electron chi connectivity index (χ0n) is 40.0. The van der Waals surface area contributed by atoms with Crippen LogP contribution in [0.25, 0.3) is 0 Å². The molecule has 0 unspecified atom stereocenters. The Bertz CT molecular complexity index is 3110. The van der Waals surface area contributed by atoms with E-state index in [0.717, 1.165) is 44.7 Å². The lowest BCUT2D eigenvalue weighted by Gasteiger charge is -2.07.